The predicted molar refractivity (Wildman–Crippen MR) is 88.0 cm³/mol. The van der Waals surface area contributed by atoms with Gasteiger partial charge in [0.2, 0.25) is 0 Å². The number of rotatable bonds is 2. The summed E-state index contributed by atoms with van der Waals surface area (Å²) in [6.07, 6.45) is 2.18. The Bertz CT molecular complexity index is 683. The molecule has 0 radical (unpaired) electrons. The van der Waals surface area contributed by atoms with Crippen molar-refractivity contribution in [3.8, 4) is 0 Å². The molecule has 1 aliphatic rings. The third kappa shape index (κ3) is 3.55. The van der Waals surface area contributed by atoms with E-state index in [0.29, 0.717) is 19.7 Å². The van der Waals surface area contributed by atoms with Crippen molar-refractivity contribution in [1.29, 1.82) is 0 Å². The van der Waals surface area contributed by atoms with Gasteiger partial charge < -0.3 is 14.6 Å². The van der Waals surface area contributed by atoms with Gasteiger partial charge >= 0.3 is 6.09 Å². The maximum atomic E-state index is 12.2. The zero-order valence-electron chi connectivity index (χ0n) is 13.9. The number of ether oxygens (including phenoxy) is 1. The molecular formula is C18H23N3O2. The molecule has 2 aromatic rings. The summed E-state index contributed by atoms with van der Waals surface area (Å²) in [5.41, 5.74) is 4.46. The largest absolute Gasteiger partial charge is 0.445 e. The summed E-state index contributed by atoms with van der Waals surface area (Å²) in [4.78, 5) is 21.2. The lowest BCUT2D eigenvalue weighted by Crippen LogP contribution is -2.36. The van der Waals surface area contributed by atoms with Crippen LogP contribution in [0.4, 0.5) is 4.79 Å². The number of fused-ring (bicyclic) bond motifs is 1. The van der Waals surface area contributed by atoms with Gasteiger partial charge in [-0.3, -0.25) is 0 Å². The van der Waals surface area contributed by atoms with E-state index in [1.54, 1.807) is 11.2 Å². The lowest BCUT2D eigenvalue weighted by atomic mass is 9.87. The minimum atomic E-state index is -0.273. The lowest BCUT2D eigenvalue weighted by molar-refractivity contribution is 0.0912. The third-order valence-corrected chi connectivity index (χ3v) is 4.22. The van der Waals surface area contributed by atoms with E-state index in [9.17, 15) is 4.79 Å². The number of aromatic nitrogens is 2. The molecule has 3 rings (SSSR count). The lowest BCUT2D eigenvalue weighted by Gasteiger charge is -2.25. The molecule has 1 aliphatic heterocycles. The van der Waals surface area contributed by atoms with Gasteiger partial charge in [-0.1, -0.05) is 45.0 Å². The molecule has 23 heavy (non-hydrogen) atoms. The molecule has 1 aromatic carbocycles. The molecule has 5 heteroatoms. The molecule has 0 spiro atoms. The van der Waals surface area contributed by atoms with Gasteiger partial charge in [-0.2, -0.15) is 0 Å². The number of carbonyl (C=O) groups excluding carboxylic acids is 1. The van der Waals surface area contributed by atoms with Crippen molar-refractivity contribution in [2.24, 2.45) is 0 Å². The molecule has 0 atom stereocenters. The van der Waals surface area contributed by atoms with E-state index in [1.807, 2.05) is 12.1 Å². The predicted octanol–water partition coefficient (Wildman–Crippen LogP) is 3.40. The summed E-state index contributed by atoms with van der Waals surface area (Å²) < 4.78 is 5.44. The molecular weight excluding hydrogens is 290 g/mol. The first kappa shape index (κ1) is 15.6. The highest BCUT2D eigenvalue weighted by Gasteiger charge is 2.23. The van der Waals surface area contributed by atoms with E-state index >= 15 is 0 Å². The maximum absolute atomic E-state index is 12.2. The fraction of sp³-hybridized carbons (Fsp3) is 0.444. The second-order valence-electron chi connectivity index (χ2n) is 7.00. The standard InChI is InChI=1S/C18H23N3O2/c1-18(2,3)14-6-4-13(5-7-14)11-23-17(22)21-9-8-15-16(10-21)20-12-19-15/h4-7,12H,8-11H2,1-3H3,(H,19,20). The van der Waals surface area contributed by atoms with Crippen LogP contribution in [0.2, 0.25) is 0 Å². The molecule has 0 unspecified atom stereocenters. The van der Waals surface area contributed by atoms with Crippen LogP contribution in [0.25, 0.3) is 0 Å². The van der Waals surface area contributed by atoms with E-state index in [4.69, 9.17) is 4.74 Å². The van der Waals surface area contributed by atoms with Crippen LogP contribution in [0, 0.1) is 0 Å². The van der Waals surface area contributed by atoms with Crippen molar-refractivity contribution in [1.82, 2.24) is 14.9 Å². The Kier molecular flexibility index (Phi) is 4.11. The first-order valence-corrected chi connectivity index (χ1v) is 7.96. The van der Waals surface area contributed by atoms with Crippen LogP contribution in [-0.4, -0.2) is 27.5 Å². The van der Waals surface area contributed by atoms with Crippen molar-refractivity contribution in [3.05, 3.63) is 53.1 Å². The third-order valence-electron chi connectivity index (χ3n) is 4.22. The Balaban J connectivity index is 1.55. The molecule has 1 aromatic heterocycles. The molecule has 0 bridgehead atoms. The number of nitrogens with one attached hydrogen (secondary N) is 1. The van der Waals surface area contributed by atoms with Crippen LogP contribution in [0.1, 0.15) is 43.3 Å². The summed E-state index contributed by atoms with van der Waals surface area (Å²) in [6, 6.07) is 8.25. The van der Waals surface area contributed by atoms with Crippen LogP contribution < -0.4 is 0 Å². The first-order valence-electron chi connectivity index (χ1n) is 7.96. The van der Waals surface area contributed by atoms with Crippen LogP contribution in [0.3, 0.4) is 0 Å². The Hall–Kier alpha value is -2.30. The van der Waals surface area contributed by atoms with E-state index in [2.05, 4.69) is 42.9 Å². The SMILES string of the molecule is CC(C)(C)c1ccc(COC(=O)N2CCc3nc[nH]c3C2)cc1. The molecule has 1 amide bonds. The number of H-pyrrole nitrogens is 1. The average Bonchev–Trinajstić information content (AvgIpc) is 2.99. The van der Waals surface area contributed by atoms with E-state index < -0.39 is 0 Å². The minimum absolute atomic E-state index is 0.130. The van der Waals surface area contributed by atoms with Gasteiger partial charge in [0.15, 0.2) is 0 Å². The molecule has 2 heterocycles. The van der Waals surface area contributed by atoms with Crippen LogP contribution >= 0.6 is 0 Å². The molecule has 5 nitrogen and oxygen atoms in total. The van der Waals surface area contributed by atoms with Gasteiger partial charge in [0.25, 0.3) is 0 Å². The molecule has 0 fully saturated rings. The van der Waals surface area contributed by atoms with Gasteiger partial charge in [-0.15, -0.1) is 0 Å². The van der Waals surface area contributed by atoms with Crippen molar-refractivity contribution < 1.29 is 9.53 Å². The monoisotopic (exact) mass is 313 g/mol. The molecule has 0 saturated heterocycles. The first-order chi connectivity index (χ1) is 10.9. The number of hydrogen-bond donors (Lipinski definition) is 1. The van der Waals surface area contributed by atoms with Crippen LogP contribution in [0.15, 0.2) is 30.6 Å². The van der Waals surface area contributed by atoms with E-state index in [1.165, 1.54) is 5.56 Å². The van der Waals surface area contributed by atoms with Crippen molar-refractivity contribution in [3.63, 3.8) is 0 Å². The highest BCUT2D eigenvalue weighted by molar-refractivity contribution is 5.68. The van der Waals surface area contributed by atoms with E-state index in [-0.39, 0.29) is 11.5 Å². The van der Waals surface area contributed by atoms with Gasteiger partial charge in [-0.25, -0.2) is 9.78 Å². The van der Waals surface area contributed by atoms with Crippen molar-refractivity contribution in [2.75, 3.05) is 6.54 Å². The molecule has 0 aliphatic carbocycles. The van der Waals surface area contributed by atoms with Gasteiger partial charge in [0.1, 0.15) is 6.61 Å². The number of hydrogen-bond acceptors (Lipinski definition) is 3. The highest BCUT2D eigenvalue weighted by atomic mass is 16.6. The van der Waals surface area contributed by atoms with Crippen molar-refractivity contribution in [2.45, 2.75) is 45.8 Å². The van der Waals surface area contributed by atoms with Crippen LogP contribution in [0.5, 0.6) is 0 Å². The van der Waals surface area contributed by atoms with Crippen LogP contribution in [-0.2, 0) is 29.7 Å². The summed E-state index contributed by atoms with van der Waals surface area (Å²) in [5, 5.41) is 0. The average molecular weight is 313 g/mol. The van der Waals surface area contributed by atoms with Gasteiger partial charge in [0.05, 0.1) is 24.3 Å². The summed E-state index contributed by atoms with van der Waals surface area (Å²) in [6.45, 7) is 8.04. The smallest absolute Gasteiger partial charge is 0.410 e. The minimum Gasteiger partial charge on any atom is -0.445 e. The van der Waals surface area contributed by atoms with Gasteiger partial charge in [0, 0.05) is 13.0 Å². The number of benzene rings is 1. The Morgan fingerprint density at radius 2 is 2.04 bits per heavy atom. The zero-order valence-corrected chi connectivity index (χ0v) is 13.9. The number of amides is 1. The Labute approximate surface area is 136 Å². The number of nitrogens with zero attached hydrogens (tertiary/aromatic N) is 2. The zero-order chi connectivity index (χ0) is 16.4. The fourth-order valence-electron chi connectivity index (χ4n) is 2.71. The summed E-state index contributed by atoms with van der Waals surface area (Å²) >= 11 is 0. The molecule has 0 saturated carbocycles. The summed E-state index contributed by atoms with van der Waals surface area (Å²) in [7, 11) is 0. The van der Waals surface area contributed by atoms with Gasteiger partial charge in [-0.05, 0) is 16.5 Å². The Morgan fingerprint density at radius 1 is 1.30 bits per heavy atom. The topological polar surface area (TPSA) is 58.2 Å². The number of aromatic amines is 1. The molecule has 1 N–H and O–H groups in total. The highest BCUT2D eigenvalue weighted by Crippen LogP contribution is 2.22. The number of carbonyl (C=O) groups is 1. The molecule has 122 valence electrons. The van der Waals surface area contributed by atoms with E-state index in [0.717, 1.165) is 23.4 Å². The summed E-state index contributed by atoms with van der Waals surface area (Å²) in [5.74, 6) is 0. The quantitative estimate of drug-likeness (QED) is 0.924. The fourth-order valence-corrected chi connectivity index (χ4v) is 2.71. The Morgan fingerprint density at radius 3 is 2.74 bits per heavy atom. The maximum Gasteiger partial charge on any atom is 0.410 e. The second-order valence-corrected chi connectivity index (χ2v) is 7.00. The number of imidazole rings is 1. The van der Waals surface area contributed by atoms with Crippen molar-refractivity contribution >= 4 is 6.09 Å². The second kappa shape index (κ2) is 6.07. The normalized spacial score (nSPS) is 14.5.